The molecular weight excluding hydrogens is 554 g/mol. The minimum atomic E-state index is -3.16. The number of para-hydroxylation sites is 2. The van der Waals surface area contributed by atoms with Crippen LogP contribution in [0.3, 0.4) is 0 Å². The molecule has 2 aromatic carbocycles. The largest absolute Gasteiger partial charge is 0.434 e. The Bertz CT molecular complexity index is 1430. The molecule has 4 saturated carbocycles. The molecule has 8 rings (SSSR count). The number of sulfonamides is 1. The summed E-state index contributed by atoms with van der Waals surface area (Å²) in [5, 5.41) is 12.7. The van der Waals surface area contributed by atoms with Crippen LogP contribution in [0.2, 0.25) is 0 Å². The lowest BCUT2D eigenvalue weighted by Gasteiger charge is -2.59. The molecule has 2 aromatic rings. The molecule has 5 atom stereocenters. The highest BCUT2D eigenvalue weighted by Crippen LogP contribution is 2.57. The molecule has 4 aliphatic carbocycles. The first-order chi connectivity index (χ1) is 20.1. The molecule has 0 spiro atoms. The van der Waals surface area contributed by atoms with E-state index in [9.17, 15) is 18.3 Å². The lowest BCUT2D eigenvalue weighted by molar-refractivity contribution is -0.153. The number of hydrogen-bond acceptors (Lipinski definition) is 8. The van der Waals surface area contributed by atoms with Gasteiger partial charge in [0.15, 0.2) is 0 Å². The Morgan fingerprint density at radius 1 is 0.881 bits per heavy atom. The summed E-state index contributed by atoms with van der Waals surface area (Å²) in [5.74, 6) is 1.27. The minimum Gasteiger partial charge on any atom is -0.390 e. The van der Waals surface area contributed by atoms with E-state index in [1.807, 2.05) is 25.2 Å². The number of fused-ring (bicyclic) bond motifs is 1. The number of carbonyl (C=O) groups excluding carboxylic acids is 1. The fraction of sp³-hybridized carbons (Fsp3) is 0.581. The third kappa shape index (κ3) is 4.99. The van der Waals surface area contributed by atoms with Gasteiger partial charge in [-0.3, -0.25) is 0 Å². The van der Waals surface area contributed by atoms with Crippen LogP contribution in [0.15, 0.2) is 48.5 Å². The molecule has 3 unspecified atom stereocenters. The maximum absolute atomic E-state index is 13.5. The molecule has 1 saturated heterocycles. The zero-order valence-electron chi connectivity index (χ0n) is 24.4. The third-order valence-electron chi connectivity index (χ3n) is 10.3. The number of nitrogens with zero attached hydrogens (tertiary/aromatic N) is 5. The van der Waals surface area contributed by atoms with Crippen LogP contribution in [0, 0.1) is 17.8 Å². The van der Waals surface area contributed by atoms with Gasteiger partial charge < -0.3 is 24.6 Å². The highest BCUT2D eigenvalue weighted by molar-refractivity contribution is 7.88. The van der Waals surface area contributed by atoms with Gasteiger partial charge in [-0.1, -0.05) is 12.1 Å². The van der Waals surface area contributed by atoms with Crippen LogP contribution in [-0.2, 0) is 14.9 Å². The quantitative estimate of drug-likeness (QED) is 0.560. The van der Waals surface area contributed by atoms with Crippen molar-refractivity contribution in [3.8, 4) is 0 Å². The molecule has 6 aliphatic rings. The zero-order chi connectivity index (χ0) is 29.2. The second kappa shape index (κ2) is 10.3. The number of carbonyl (C=O) groups is 1. The van der Waals surface area contributed by atoms with Crippen molar-refractivity contribution in [3.63, 3.8) is 0 Å². The summed E-state index contributed by atoms with van der Waals surface area (Å²) >= 11 is 0. The molecule has 5 fully saturated rings. The molecule has 1 amide bonds. The fourth-order valence-corrected chi connectivity index (χ4v) is 9.51. The van der Waals surface area contributed by atoms with E-state index in [4.69, 9.17) is 4.84 Å². The van der Waals surface area contributed by atoms with Gasteiger partial charge in [0, 0.05) is 57.2 Å². The standard InChI is InChI=1S/C31H41N5O5S/c1-32(29-23-17-22-18-24(29)21-31(38,19-22)20-23)30(37)41-36-16-15-35(27-5-3-4-6-28(27)36)26-9-7-25(8-10-26)33-11-13-34(14-12-33)42(2,39)40/h3-10,22-24,29,38H,11-21H2,1-2H3/t22?,23-,24+,29?,31?. The molecule has 11 heteroatoms. The lowest BCUT2D eigenvalue weighted by atomic mass is 9.52. The van der Waals surface area contributed by atoms with Crippen LogP contribution in [0.1, 0.15) is 32.1 Å². The molecule has 1 N–H and O–H groups in total. The Morgan fingerprint density at radius 3 is 2.12 bits per heavy atom. The Balaban J connectivity index is 1.03. The molecular formula is C31H41N5O5S. The van der Waals surface area contributed by atoms with Crippen LogP contribution >= 0.6 is 0 Å². The van der Waals surface area contributed by atoms with E-state index >= 15 is 0 Å². The van der Waals surface area contributed by atoms with Gasteiger partial charge in [0.25, 0.3) is 0 Å². The first-order valence-electron chi connectivity index (χ1n) is 15.2. The summed E-state index contributed by atoms with van der Waals surface area (Å²) < 4.78 is 25.3. The van der Waals surface area contributed by atoms with Crippen molar-refractivity contribution in [2.75, 3.05) is 67.4 Å². The maximum atomic E-state index is 13.5. The van der Waals surface area contributed by atoms with E-state index in [0.29, 0.717) is 57.0 Å². The van der Waals surface area contributed by atoms with Gasteiger partial charge in [-0.05, 0) is 86.3 Å². The Labute approximate surface area is 248 Å². The topological polar surface area (TPSA) is 96.9 Å². The number of hydroxylamine groups is 1. The second-order valence-corrected chi connectivity index (χ2v) is 15.0. The Hall–Kier alpha value is -3.02. The van der Waals surface area contributed by atoms with E-state index in [-0.39, 0.29) is 12.1 Å². The van der Waals surface area contributed by atoms with E-state index in [0.717, 1.165) is 54.9 Å². The minimum absolute atomic E-state index is 0.124. The van der Waals surface area contributed by atoms with E-state index in [1.165, 1.54) is 10.6 Å². The number of amides is 1. The predicted molar refractivity (Wildman–Crippen MR) is 162 cm³/mol. The van der Waals surface area contributed by atoms with Crippen molar-refractivity contribution in [1.29, 1.82) is 0 Å². The van der Waals surface area contributed by atoms with E-state index in [2.05, 4.69) is 40.1 Å². The number of rotatable bonds is 5. The first-order valence-corrected chi connectivity index (χ1v) is 17.0. The summed E-state index contributed by atoms with van der Waals surface area (Å²) in [4.78, 5) is 25.8. The fourth-order valence-electron chi connectivity index (χ4n) is 8.69. The van der Waals surface area contributed by atoms with Crippen molar-refractivity contribution in [3.05, 3.63) is 48.5 Å². The molecule has 2 heterocycles. The van der Waals surface area contributed by atoms with Crippen molar-refractivity contribution in [1.82, 2.24) is 9.21 Å². The van der Waals surface area contributed by atoms with Gasteiger partial charge in [-0.25, -0.2) is 18.3 Å². The number of piperazine rings is 1. The van der Waals surface area contributed by atoms with Gasteiger partial charge in [-0.15, -0.1) is 0 Å². The normalized spacial score (nSPS) is 30.8. The van der Waals surface area contributed by atoms with Gasteiger partial charge in [-0.2, -0.15) is 4.31 Å². The van der Waals surface area contributed by atoms with Crippen LogP contribution in [0.5, 0.6) is 0 Å². The molecule has 2 aliphatic heterocycles. The van der Waals surface area contributed by atoms with Gasteiger partial charge in [0.2, 0.25) is 10.0 Å². The lowest BCUT2D eigenvalue weighted by Crippen LogP contribution is -2.62. The Morgan fingerprint density at radius 2 is 1.50 bits per heavy atom. The summed E-state index contributed by atoms with van der Waals surface area (Å²) in [6.07, 6.45) is 5.63. The molecule has 0 aromatic heterocycles. The van der Waals surface area contributed by atoms with E-state index < -0.39 is 15.6 Å². The molecule has 0 radical (unpaired) electrons. The van der Waals surface area contributed by atoms with Gasteiger partial charge in [0.1, 0.15) is 0 Å². The zero-order valence-corrected chi connectivity index (χ0v) is 25.2. The summed E-state index contributed by atoms with van der Waals surface area (Å²) in [7, 11) is -1.29. The molecule has 4 bridgehead atoms. The summed E-state index contributed by atoms with van der Waals surface area (Å²) in [5.41, 5.74) is 3.43. The van der Waals surface area contributed by atoms with Crippen molar-refractivity contribution in [2.24, 2.45) is 17.8 Å². The maximum Gasteiger partial charge on any atom is 0.434 e. The number of hydrogen-bond donors (Lipinski definition) is 1. The van der Waals surface area contributed by atoms with Crippen molar-refractivity contribution >= 4 is 38.9 Å². The highest BCUT2D eigenvalue weighted by Gasteiger charge is 2.56. The molecule has 10 nitrogen and oxygen atoms in total. The third-order valence-corrected chi connectivity index (χ3v) is 11.6. The number of anilines is 4. The van der Waals surface area contributed by atoms with Crippen LogP contribution in [0.4, 0.5) is 27.5 Å². The second-order valence-electron chi connectivity index (χ2n) is 13.1. The first kappa shape index (κ1) is 27.8. The SMILES string of the molecule is CN(C(=O)ON1CCN(c2ccc(N3CCN(S(C)(=O)=O)CC3)cc2)c2ccccc21)C1[C@@H]2CC3C[C@H]1CC(O)(C3)C2. The molecule has 226 valence electrons. The van der Waals surface area contributed by atoms with Crippen molar-refractivity contribution < 1.29 is 23.2 Å². The average Bonchev–Trinajstić information content (AvgIpc) is 2.96. The van der Waals surface area contributed by atoms with Gasteiger partial charge in [0.05, 0.1) is 29.8 Å². The van der Waals surface area contributed by atoms with Crippen LogP contribution < -0.4 is 14.9 Å². The number of benzene rings is 2. The number of aliphatic hydroxyl groups is 1. The van der Waals surface area contributed by atoms with E-state index in [1.54, 1.807) is 9.96 Å². The summed E-state index contributed by atoms with van der Waals surface area (Å²) in [6, 6.07) is 16.5. The monoisotopic (exact) mass is 595 g/mol. The van der Waals surface area contributed by atoms with Crippen molar-refractivity contribution in [2.45, 2.75) is 43.7 Å². The smallest absolute Gasteiger partial charge is 0.390 e. The van der Waals surface area contributed by atoms with Gasteiger partial charge >= 0.3 is 6.09 Å². The van der Waals surface area contributed by atoms with Crippen LogP contribution in [-0.4, -0.2) is 93.0 Å². The predicted octanol–water partition coefficient (Wildman–Crippen LogP) is 3.65. The Kier molecular flexibility index (Phi) is 6.82. The summed E-state index contributed by atoms with van der Waals surface area (Å²) in [6.45, 7) is 3.51. The van der Waals surface area contributed by atoms with Crippen LogP contribution in [0.25, 0.3) is 0 Å². The highest BCUT2D eigenvalue weighted by atomic mass is 32.2. The molecule has 42 heavy (non-hydrogen) atoms. The average molecular weight is 596 g/mol.